The third-order valence-corrected chi connectivity index (χ3v) is 17.4. The van der Waals surface area contributed by atoms with Crippen LogP contribution in [-0.4, -0.2) is 68.9 Å². The van der Waals surface area contributed by atoms with Crippen molar-refractivity contribution in [1.82, 2.24) is 15.2 Å². The van der Waals surface area contributed by atoms with Crippen molar-refractivity contribution in [2.24, 2.45) is 5.16 Å². The molecule has 2 atom stereocenters. The largest absolute Gasteiger partial charge is 0.448 e. The fraction of sp³-hybridized carbons (Fsp3) is 0.149. The van der Waals surface area contributed by atoms with Gasteiger partial charge in [-0.3, -0.25) is 14.5 Å². The van der Waals surface area contributed by atoms with E-state index in [1.807, 2.05) is 205 Å². The number of amides is 2. The number of fused-ring (bicyclic) bond motifs is 1. The average molecular weight is 1150 g/mol. The number of benzene rings is 7. The lowest BCUT2D eigenvalue weighted by Crippen LogP contribution is -2.71. The van der Waals surface area contributed by atoms with Crippen LogP contribution in [0.4, 0.5) is 5.13 Å². The number of aromatic nitrogens is 2. The zero-order chi connectivity index (χ0) is 57.0. The zero-order valence-corrected chi connectivity index (χ0v) is 47.6. The maximum atomic E-state index is 15.1. The zero-order valence-electron chi connectivity index (χ0n) is 45.1. The molecule has 2 amide bonds. The fourth-order valence-corrected chi connectivity index (χ4v) is 13.5. The minimum atomic E-state index is -1.05. The third-order valence-electron chi connectivity index (χ3n) is 14.2. The number of oxime groups is 1. The number of ether oxygens (including phenoxy) is 2. The van der Waals surface area contributed by atoms with Crippen LogP contribution < -0.4 is 15.2 Å². The number of hydrogen-bond acceptors (Lipinski definition) is 13. The van der Waals surface area contributed by atoms with Gasteiger partial charge in [-0.2, -0.15) is 4.57 Å². The van der Waals surface area contributed by atoms with Gasteiger partial charge in [0.25, 0.3) is 11.8 Å². The van der Waals surface area contributed by atoms with E-state index < -0.39 is 52.9 Å². The molecule has 2 aliphatic rings. The molecule has 4 heterocycles. The number of pyridine rings is 1. The number of β-lactam (4-membered cyclic amide) rings is 1. The topological polar surface area (TPSA) is 152 Å². The molecule has 414 valence electrons. The van der Waals surface area contributed by atoms with Crippen LogP contribution >= 0.6 is 34.9 Å². The second-order valence-corrected chi connectivity index (χ2v) is 22.4. The molecule has 0 spiro atoms. The Morgan fingerprint density at radius 2 is 1.16 bits per heavy atom. The van der Waals surface area contributed by atoms with Crippen molar-refractivity contribution in [2.45, 2.75) is 47.7 Å². The van der Waals surface area contributed by atoms with Crippen molar-refractivity contribution in [3.05, 3.63) is 298 Å². The maximum absolute atomic E-state index is 15.1. The van der Waals surface area contributed by atoms with Crippen molar-refractivity contribution in [1.29, 1.82) is 0 Å². The van der Waals surface area contributed by atoms with Crippen LogP contribution in [0.2, 0.25) is 0 Å². The molecule has 0 saturated carbocycles. The number of hydrogen-bond donors (Lipinski definition) is 2. The summed E-state index contributed by atoms with van der Waals surface area (Å²) in [4.78, 5) is 70.4. The molecule has 2 N–H and O–H groups in total. The van der Waals surface area contributed by atoms with E-state index in [2.05, 4.69) is 52.2 Å². The van der Waals surface area contributed by atoms with Crippen molar-refractivity contribution in [3.8, 4) is 0 Å². The van der Waals surface area contributed by atoms with Gasteiger partial charge in [0.05, 0.1) is 0 Å². The van der Waals surface area contributed by atoms with Gasteiger partial charge in [0.15, 0.2) is 29.2 Å². The van der Waals surface area contributed by atoms with Crippen LogP contribution in [0.25, 0.3) is 0 Å². The van der Waals surface area contributed by atoms with E-state index in [0.717, 1.165) is 44.0 Å². The second kappa shape index (κ2) is 26.2. The number of anilines is 1. The van der Waals surface area contributed by atoms with Gasteiger partial charge in [0.2, 0.25) is 11.6 Å². The first-order valence-corrected chi connectivity index (χ1v) is 30.0. The maximum Gasteiger partial charge on any atom is 0.373 e. The number of carbonyl (C=O) groups is 4. The Labute approximate surface area is 494 Å². The lowest BCUT2D eigenvalue weighted by atomic mass is 9.77. The highest BCUT2D eigenvalue weighted by atomic mass is 32.2. The molecule has 9 aromatic rings. The van der Waals surface area contributed by atoms with E-state index in [-0.39, 0.29) is 36.0 Å². The number of esters is 2. The lowest BCUT2D eigenvalue weighted by molar-refractivity contribution is -0.722. The summed E-state index contributed by atoms with van der Waals surface area (Å²) in [6.45, 7) is 1.84. The molecule has 0 aliphatic carbocycles. The summed E-state index contributed by atoms with van der Waals surface area (Å²) in [5.41, 5.74) is 6.07. The van der Waals surface area contributed by atoms with Crippen molar-refractivity contribution in [3.63, 3.8) is 0 Å². The third kappa shape index (κ3) is 12.4. The quantitative estimate of drug-likeness (QED) is 0.0127. The molecule has 2 aliphatic heterocycles. The molecular weight excluding hydrogens is 1100 g/mol. The Morgan fingerprint density at radius 1 is 0.675 bits per heavy atom. The lowest BCUT2D eigenvalue weighted by Gasteiger charge is -2.49. The number of thiazole rings is 1. The summed E-state index contributed by atoms with van der Waals surface area (Å²) in [7, 11) is 0. The molecule has 16 heteroatoms. The predicted octanol–water partition coefficient (Wildman–Crippen LogP) is 11.7. The summed E-state index contributed by atoms with van der Waals surface area (Å²) >= 11 is 4.15. The highest BCUT2D eigenvalue weighted by molar-refractivity contribution is 8.01. The summed E-state index contributed by atoms with van der Waals surface area (Å²) in [5.74, 6) is -1.74. The average Bonchev–Trinajstić information content (AvgIpc) is 3.28. The number of nitrogens with zero attached hydrogens (tertiary/aromatic N) is 4. The van der Waals surface area contributed by atoms with E-state index in [0.29, 0.717) is 16.5 Å². The fourth-order valence-electron chi connectivity index (χ4n) is 10.2. The van der Waals surface area contributed by atoms with Gasteiger partial charge in [-0.1, -0.05) is 229 Å². The minimum absolute atomic E-state index is 0.0882. The smallest absolute Gasteiger partial charge is 0.373 e. The van der Waals surface area contributed by atoms with E-state index in [1.54, 1.807) is 12.3 Å². The molecule has 2 aromatic heterocycles. The van der Waals surface area contributed by atoms with Gasteiger partial charge in [-0.05, 0) is 57.5 Å². The molecule has 13 nitrogen and oxygen atoms in total. The standard InChI is InChI=1S/C67H56N6O7S3/c1-2-78-71-57(54-45-83-66(68-54)70-67(51-34-18-7-19-35-51,52-36-20-8-21-37-52)53-38-22-9-23-39-53)62(75)69-58-63(76)73-59(65(77)80-61(48-30-14-5-15-31-48)49-32-16-6-17-33-49)50(44-82-64(58)73)43-81-55-40-24-25-41-72(55)42-56(74)79-60(46-26-10-3-11-27-46)47-28-12-4-13-29-47/h3-41,45,58,60-61,64H,2,42-44H2,1H3,(H-,68,69,70,75)/p+1/b71-57-/t58-,64-/m1/s1. The highest BCUT2D eigenvalue weighted by Crippen LogP contribution is 2.44. The van der Waals surface area contributed by atoms with Gasteiger partial charge in [-0.15, -0.1) is 23.1 Å². The molecule has 1 saturated heterocycles. The number of rotatable bonds is 22. The Balaban J connectivity index is 0.863. The molecule has 7 aromatic carbocycles. The van der Waals surface area contributed by atoms with E-state index in [9.17, 15) is 14.4 Å². The summed E-state index contributed by atoms with van der Waals surface area (Å²) < 4.78 is 14.5. The summed E-state index contributed by atoms with van der Waals surface area (Å²) in [6, 6.07) is 73.1. The normalized spacial score (nSPS) is 15.0. The van der Waals surface area contributed by atoms with Gasteiger partial charge < -0.3 is 24.9 Å². The molecule has 11 rings (SSSR count). The second-order valence-electron chi connectivity index (χ2n) is 19.4. The first-order chi connectivity index (χ1) is 40.8. The number of carbonyl (C=O) groups excluding carboxylic acids is 4. The summed E-state index contributed by atoms with van der Waals surface area (Å²) in [6.07, 6.45) is 0.388. The molecule has 1 fully saturated rings. The van der Waals surface area contributed by atoms with Crippen LogP contribution in [-0.2, 0) is 45.6 Å². The molecular formula is C67H57N6O7S3+. The van der Waals surface area contributed by atoms with Gasteiger partial charge >= 0.3 is 11.9 Å². The van der Waals surface area contributed by atoms with Crippen LogP contribution in [0, 0.1) is 0 Å². The SMILES string of the molecule is CCO/N=C(\C(=O)N[C@@H]1C(=O)N2C(C(=O)OC(c3ccccc3)c3ccccc3)=C(CSc3cccc[n+]3CC(=O)OC(c3ccccc3)c3ccccc3)CS[C@H]12)c1csc(NC(c2ccccc2)(c2ccccc2)c2ccccc2)n1. The van der Waals surface area contributed by atoms with Gasteiger partial charge in [-0.25, -0.2) is 14.6 Å². The minimum Gasteiger partial charge on any atom is -0.448 e. The van der Waals surface area contributed by atoms with Crippen molar-refractivity contribution in [2.75, 3.05) is 23.4 Å². The molecule has 83 heavy (non-hydrogen) atoms. The Hall–Kier alpha value is -9.09. The Bertz CT molecular complexity index is 3570. The summed E-state index contributed by atoms with van der Waals surface area (Å²) in [5, 5.41) is 13.3. The van der Waals surface area contributed by atoms with Crippen LogP contribution in [0.5, 0.6) is 0 Å². The molecule has 0 radical (unpaired) electrons. The molecule has 0 unspecified atom stereocenters. The first kappa shape index (κ1) is 55.8. The monoisotopic (exact) mass is 1150 g/mol. The van der Waals surface area contributed by atoms with E-state index in [4.69, 9.17) is 19.3 Å². The van der Waals surface area contributed by atoms with E-state index in [1.165, 1.54) is 39.8 Å². The van der Waals surface area contributed by atoms with Crippen LogP contribution in [0.15, 0.2) is 264 Å². The van der Waals surface area contributed by atoms with Gasteiger partial charge in [0, 0.05) is 29.0 Å². The number of nitrogens with one attached hydrogen (secondary N) is 2. The highest BCUT2D eigenvalue weighted by Gasteiger charge is 2.55. The number of thioether (sulfide) groups is 2. The van der Waals surface area contributed by atoms with E-state index >= 15 is 4.79 Å². The first-order valence-electron chi connectivity index (χ1n) is 27.1. The van der Waals surface area contributed by atoms with Crippen LogP contribution in [0.1, 0.15) is 63.8 Å². The van der Waals surface area contributed by atoms with Crippen molar-refractivity contribution >= 4 is 69.5 Å². The Kier molecular flexibility index (Phi) is 17.6. The van der Waals surface area contributed by atoms with Crippen LogP contribution in [0.3, 0.4) is 0 Å². The predicted molar refractivity (Wildman–Crippen MR) is 324 cm³/mol. The van der Waals surface area contributed by atoms with Crippen molar-refractivity contribution < 1.29 is 38.1 Å². The molecule has 0 bridgehead atoms. The Morgan fingerprint density at radius 3 is 1.66 bits per heavy atom. The van der Waals surface area contributed by atoms with Gasteiger partial charge in [0.1, 0.15) is 35.0 Å².